The lowest BCUT2D eigenvalue weighted by Crippen LogP contribution is -2.29. The van der Waals surface area contributed by atoms with Crippen molar-refractivity contribution in [3.63, 3.8) is 0 Å². The predicted molar refractivity (Wildman–Crippen MR) is 67.0 cm³/mol. The van der Waals surface area contributed by atoms with Gasteiger partial charge >= 0.3 is 0 Å². The van der Waals surface area contributed by atoms with Gasteiger partial charge in [-0.15, -0.1) is 0 Å². The molecular formula is C14H20N2O. The minimum atomic E-state index is 0.273. The molecule has 1 aromatic heterocycles. The van der Waals surface area contributed by atoms with E-state index < -0.39 is 0 Å². The molecular weight excluding hydrogens is 212 g/mol. The van der Waals surface area contributed by atoms with Crippen LogP contribution in [0.1, 0.15) is 48.2 Å². The molecule has 0 amide bonds. The van der Waals surface area contributed by atoms with Crippen LogP contribution >= 0.6 is 0 Å². The highest BCUT2D eigenvalue weighted by atomic mass is 16.2. The first-order valence-corrected chi connectivity index (χ1v) is 6.80. The first-order valence-electron chi connectivity index (χ1n) is 6.80. The lowest BCUT2D eigenvalue weighted by atomic mass is 9.88. The van der Waals surface area contributed by atoms with Crippen LogP contribution in [0.4, 0.5) is 0 Å². The van der Waals surface area contributed by atoms with Gasteiger partial charge in [0.05, 0.1) is 0 Å². The van der Waals surface area contributed by atoms with E-state index in [2.05, 4.69) is 11.4 Å². The van der Waals surface area contributed by atoms with Gasteiger partial charge < -0.3 is 5.32 Å². The number of nitrogens with one attached hydrogen (secondary N) is 1. The topological polar surface area (TPSA) is 34.0 Å². The second-order valence-corrected chi connectivity index (χ2v) is 5.26. The molecule has 3 heteroatoms. The first-order chi connectivity index (χ1) is 8.36. The minimum Gasteiger partial charge on any atom is -0.312 e. The fourth-order valence-corrected chi connectivity index (χ4v) is 3.13. The van der Waals surface area contributed by atoms with Crippen LogP contribution in [0.2, 0.25) is 0 Å². The number of hydrogen-bond donors (Lipinski definition) is 1. The van der Waals surface area contributed by atoms with E-state index in [0.29, 0.717) is 5.91 Å². The van der Waals surface area contributed by atoms with E-state index in [9.17, 15) is 4.79 Å². The van der Waals surface area contributed by atoms with Gasteiger partial charge in [0.1, 0.15) is 0 Å². The lowest BCUT2D eigenvalue weighted by molar-refractivity contribution is 0.0798. The summed E-state index contributed by atoms with van der Waals surface area (Å²) in [7, 11) is 0. The van der Waals surface area contributed by atoms with Crippen molar-refractivity contribution in [2.45, 2.75) is 45.1 Å². The average Bonchev–Trinajstić information content (AvgIpc) is 2.83. The molecule has 1 fully saturated rings. The van der Waals surface area contributed by atoms with E-state index in [-0.39, 0.29) is 5.92 Å². The maximum atomic E-state index is 12.5. The van der Waals surface area contributed by atoms with Crippen molar-refractivity contribution in [2.24, 2.45) is 5.92 Å². The normalized spacial score (nSPS) is 21.2. The molecule has 0 aromatic carbocycles. The van der Waals surface area contributed by atoms with Gasteiger partial charge in [-0.05, 0) is 24.5 Å². The Hall–Kier alpha value is -1.09. The quantitative estimate of drug-likeness (QED) is 0.806. The van der Waals surface area contributed by atoms with Gasteiger partial charge in [0.2, 0.25) is 5.91 Å². The maximum absolute atomic E-state index is 12.5. The maximum Gasteiger partial charge on any atom is 0.233 e. The summed E-state index contributed by atoms with van der Waals surface area (Å²) < 4.78 is 1.94. The Balaban J connectivity index is 1.83. The molecule has 17 heavy (non-hydrogen) atoms. The molecule has 1 aromatic rings. The van der Waals surface area contributed by atoms with Gasteiger partial charge in [-0.25, -0.2) is 0 Å². The van der Waals surface area contributed by atoms with E-state index in [0.717, 1.165) is 32.4 Å². The molecule has 3 rings (SSSR count). The molecule has 0 saturated heterocycles. The third-order valence-corrected chi connectivity index (χ3v) is 4.13. The SMILES string of the molecule is O=C(C1CCCCC1)n1ccc2c1CCNC2. The highest BCUT2D eigenvalue weighted by Gasteiger charge is 2.25. The molecule has 0 spiro atoms. The van der Waals surface area contributed by atoms with Crippen LogP contribution in [0.5, 0.6) is 0 Å². The second-order valence-electron chi connectivity index (χ2n) is 5.26. The number of aromatic nitrogens is 1. The van der Waals surface area contributed by atoms with Crippen molar-refractivity contribution in [3.8, 4) is 0 Å². The van der Waals surface area contributed by atoms with Gasteiger partial charge in [0, 0.05) is 37.3 Å². The number of rotatable bonds is 1. The minimum absolute atomic E-state index is 0.273. The zero-order valence-electron chi connectivity index (χ0n) is 10.2. The molecule has 0 radical (unpaired) electrons. The van der Waals surface area contributed by atoms with Gasteiger partial charge in [-0.3, -0.25) is 9.36 Å². The van der Waals surface area contributed by atoms with Crippen molar-refractivity contribution in [1.82, 2.24) is 9.88 Å². The van der Waals surface area contributed by atoms with Crippen LogP contribution in [0.3, 0.4) is 0 Å². The Morgan fingerprint density at radius 2 is 2.12 bits per heavy atom. The summed E-state index contributed by atoms with van der Waals surface area (Å²) in [5.74, 6) is 0.614. The van der Waals surface area contributed by atoms with Crippen LogP contribution in [0.25, 0.3) is 0 Å². The monoisotopic (exact) mass is 232 g/mol. The Bertz CT molecular complexity index is 416. The molecule has 0 bridgehead atoms. The van der Waals surface area contributed by atoms with Crippen LogP contribution in [-0.4, -0.2) is 17.0 Å². The van der Waals surface area contributed by atoms with E-state index in [1.807, 2.05) is 10.8 Å². The number of fused-ring (bicyclic) bond motifs is 1. The van der Waals surface area contributed by atoms with Crippen LogP contribution in [0.15, 0.2) is 12.3 Å². The lowest BCUT2D eigenvalue weighted by Gasteiger charge is -2.23. The number of nitrogens with zero attached hydrogens (tertiary/aromatic N) is 1. The van der Waals surface area contributed by atoms with Crippen molar-refractivity contribution in [2.75, 3.05) is 6.54 Å². The molecule has 0 atom stereocenters. The molecule has 92 valence electrons. The zero-order chi connectivity index (χ0) is 11.7. The Morgan fingerprint density at radius 3 is 2.94 bits per heavy atom. The number of hydrogen-bond acceptors (Lipinski definition) is 2. The van der Waals surface area contributed by atoms with E-state index in [1.54, 1.807) is 0 Å². The molecule has 2 heterocycles. The molecule has 1 aliphatic carbocycles. The van der Waals surface area contributed by atoms with Crippen LogP contribution < -0.4 is 5.32 Å². The van der Waals surface area contributed by atoms with Crippen molar-refractivity contribution in [3.05, 3.63) is 23.5 Å². The average molecular weight is 232 g/mol. The fraction of sp³-hybridized carbons (Fsp3) is 0.643. The summed E-state index contributed by atoms with van der Waals surface area (Å²) in [4.78, 5) is 12.5. The second kappa shape index (κ2) is 4.65. The van der Waals surface area contributed by atoms with E-state index >= 15 is 0 Å². The van der Waals surface area contributed by atoms with Crippen molar-refractivity contribution in [1.29, 1.82) is 0 Å². The van der Waals surface area contributed by atoms with Gasteiger partial charge in [0.15, 0.2) is 0 Å². The van der Waals surface area contributed by atoms with Crippen LogP contribution in [-0.2, 0) is 13.0 Å². The molecule has 1 aliphatic heterocycles. The van der Waals surface area contributed by atoms with E-state index in [4.69, 9.17) is 0 Å². The van der Waals surface area contributed by atoms with E-state index in [1.165, 1.54) is 30.5 Å². The first kappa shape index (κ1) is 11.0. The number of carbonyl (C=O) groups excluding carboxylic acids is 1. The molecule has 1 N–H and O–H groups in total. The van der Waals surface area contributed by atoms with Gasteiger partial charge in [-0.2, -0.15) is 0 Å². The third-order valence-electron chi connectivity index (χ3n) is 4.13. The third kappa shape index (κ3) is 2.04. The Labute approximate surface area is 102 Å². The Kier molecular flexibility index (Phi) is 3.02. The van der Waals surface area contributed by atoms with Crippen LogP contribution in [0, 0.1) is 5.92 Å². The predicted octanol–water partition coefficient (Wildman–Crippen LogP) is 2.35. The molecule has 2 aliphatic rings. The van der Waals surface area contributed by atoms with Crippen molar-refractivity contribution < 1.29 is 4.79 Å². The van der Waals surface area contributed by atoms with Crippen molar-refractivity contribution >= 4 is 5.91 Å². The zero-order valence-corrected chi connectivity index (χ0v) is 10.2. The fourth-order valence-electron chi connectivity index (χ4n) is 3.13. The molecule has 0 unspecified atom stereocenters. The smallest absolute Gasteiger partial charge is 0.233 e. The summed E-state index contributed by atoms with van der Waals surface area (Å²) in [6.45, 7) is 1.91. The highest BCUT2D eigenvalue weighted by Crippen LogP contribution is 2.26. The summed E-state index contributed by atoms with van der Waals surface area (Å²) in [5, 5.41) is 3.35. The summed E-state index contributed by atoms with van der Waals surface area (Å²) >= 11 is 0. The van der Waals surface area contributed by atoms with Gasteiger partial charge in [0.25, 0.3) is 0 Å². The molecule has 1 saturated carbocycles. The standard InChI is InChI=1S/C14H20N2O/c17-14(11-4-2-1-3-5-11)16-9-7-12-10-15-8-6-13(12)16/h7,9,11,15H,1-6,8,10H2. The summed E-state index contributed by atoms with van der Waals surface area (Å²) in [6, 6.07) is 2.10. The summed E-state index contributed by atoms with van der Waals surface area (Å²) in [5.41, 5.74) is 2.56. The van der Waals surface area contributed by atoms with Gasteiger partial charge in [-0.1, -0.05) is 19.3 Å². The summed E-state index contributed by atoms with van der Waals surface area (Å²) in [6.07, 6.45) is 8.89. The highest BCUT2D eigenvalue weighted by molar-refractivity contribution is 5.82. The largest absolute Gasteiger partial charge is 0.312 e. The number of carbonyl (C=O) groups is 1. The molecule has 3 nitrogen and oxygen atoms in total. The Morgan fingerprint density at radius 1 is 1.29 bits per heavy atom.